The van der Waals surface area contributed by atoms with Crippen molar-refractivity contribution in [2.45, 2.75) is 19.4 Å². The molecule has 0 amide bonds. The van der Waals surface area contributed by atoms with Gasteiger partial charge < -0.3 is 4.84 Å². The Labute approximate surface area is 146 Å². The summed E-state index contributed by atoms with van der Waals surface area (Å²) in [5.41, 5.74) is 2.69. The molecule has 124 valence electrons. The number of benzene rings is 2. The van der Waals surface area contributed by atoms with E-state index in [4.69, 9.17) is 16.4 Å². The van der Waals surface area contributed by atoms with E-state index in [1.807, 2.05) is 6.07 Å². The lowest BCUT2D eigenvalue weighted by Gasteiger charge is -2.27. The zero-order valence-electron chi connectivity index (χ0n) is 13.3. The summed E-state index contributed by atoms with van der Waals surface area (Å²) >= 11 is 5.80. The van der Waals surface area contributed by atoms with E-state index in [-0.39, 0.29) is 0 Å². The number of carbonyl (C=O) groups is 1. The van der Waals surface area contributed by atoms with Crippen molar-refractivity contribution in [2.24, 2.45) is 5.16 Å². The Balaban J connectivity index is 1.48. The summed E-state index contributed by atoms with van der Waals surface area (Å²) in [6, 6.07) is 17.0. The standard InChI is InChI=1S/C19H19ClN2O2/c20-17-8-6-16(7-9-17)19(23)24-21-18-10-12-22(13-11-18)14-15-4-2-1-3-5-15/h1-9H,10-14H2. The molecule has 0 radical (unpaired) electrons. The van der Waals surface area contributed by atoms with Crippen molar-refractivity contribution in [1.29, 1.82) is 0 Å². The maximum Gasteiger partial charge on any atom is 0.365 e. The fourth-order valence-electron chi connectivity index (χ4n) is 2.65. The Morgan fingerprint density at radius 3 is 2.38 bits per heavy atom. The quantitative estimate of drug-likeness (QED) is 0.619. The molecule has 0 aromatic heterocycles. The summed E-state index contributed by atoms with van der Waals surface area (Å²) in [4.78, 5) is 19.4. The highest BCUT2D eigenvalue weighted by molar-refractivity contribution is 6.30. The van der Waals surface area contributed by atoms with Crippen LogP contribution in [0.2, 0.25) is 5.02 Å². The predicted molar refractivity (Wildman–Crippen MR) is 95.3 cm³/mol. The summed E-state index contributed by atoms with van der Waals surface area (Å²) in [7, 11) is 0. The second kappa shape index (κ2) is 8.08. The molecular weight excluding hydrogens is 324 g/mol. The molecule has 0 aliphatic carbocycles. The Kier molecular flexibility index (Phi) is 5.62. The Morgan fingerprint density at radius 1 is 1.04 bits per heavy atom. The first-order valence-corrected chi connectivity index (χ1v) is 8.37. The van der Waals surface area contributed by atoms with Crippen LogP contribution in [0.15, 0.2) is 59.8 Å². The van der Waals surface area contributed by atoms with Gasteiger partial charge in [0.1, 0.15) is 0 Å². The van der Waals surface area contributed by atoms with Crippen LogP contribution in [0.5, 0.6) is 0 Å². The minimum Gasteiger partial charge on any atom is -0.313 e. The number of rotatable bonds is 4. The number of halogens is 1. The molecule has 1 fully saturated rings. The van der Waals surface area contributed by atoms with E-state index in [0.717, 1.165) is 38.2 Å². The highest BCUT2D eigenvalue weighted by atomic mass is 35.5. The second-order valence-corrected chi connectivity index (χ2v) is 6.24. The monoisotopic (exact) mass is 342 g/mol. The lowest BCUT2D eigenvalue weighted by Crippen LogP contribution is -2.33. The lowest BCUT2D eigenvalue weighted by atomic mass is 10.1. The Hall–Kier alpha value is -2.17. The number of oxime groups is 1. The average molecular weight is 343 g/mol. The molecule has 0 N–H and O–H groups in total. The first kappa shape index (κ1) is 16.7. The molecule has 24 heavy (non-hydrogen) atoms. The number of piperidine rings is 1. The van der Waals surface area contributed by atoms with E-state index in [1.165, 1.54) is 5.56 Å². The van der Waals surface area contributed by atoms with Crippen molar-refractivity contribution in [2.75, 3.05) is 13.1 Å². The zero-order chi connectivity index (χ0) is 16.8. The second-order valence-electron chi connectivity index (χ2n) is 5.80. The molecule has 0 atom stereocenters. The summed E-state index contributed by atoms with van der Waals surface area (Å²) in [5, 5.41) is 4.62. The fourth-order valence-corrected chi connectivity index (χ4v) is 2.77. The molecule has 0 spiro atoms. The van der Waals surface area contributed by atoms with Crippen LogP contribution in [0.4, 0.5) is 0 Å². The van der Waals surface area contributed by atoms with Gasteiger partial charge in [0, 0.05) is 37.5 Å². The Morgan fingerprint density at radius 2 is 1.71 bits per heavy atom. The molecule has 5 heteroatoms. The van der Waals surface area contributed by atoms with Crippen LogP contribution in [-0.4, -0.2) is 29.7 Å². The van der Waals surface area contributed by atoms with Crippen molar-refractivity contribution >= 4 is 23.3 Å². The first-order valence-electron chi connectivity index (χ1n) is 7.99. The van der Waals surface area contributed by atoms with Gasteiger partial charge in [-0.25, -0.2) is 4.79 Å². The molecule has 1 aliphatic heterocycles. The van der Waals surface area contributed by atoms with Crippen molar-refractivity contribution < 1.29 is 9.63 Å². The van der Waals surface area contributed by atoms with Gasteiger partial charge in [-0.1, -0.05) is 47.1 Å². The number of nitrogens with zero attached hydrogens (tertiary/aromatic N) is 2. The first-order chi connectivity index (χ1) is 11.7. The maximum absolute atomic E-state index is 11.9. The van der Waals surface area contributed by atoms with Crippen LogP contribution in [0.3, 0.4) is 0 Å². The average Bonchev–Trinajstić information content (AvgIpc) is 2.62. The lowest BCUT2D eigenvalue weighted by molar-refractivity contribution is 0.0512. The van der Waals surface area contributed by atoms with Gasteiger partial charge in [-0.2, -0.15) is 0 Å². The molecule has 1 saturated heterocycles. The van der Waals surface area contributed by atoms with Gasteiger partial charge in [-0.05, 0) is 29.8 Å². The summed E-state index contributed by atoms with van der Waals surface area (Å²) in [6.45, 7) is 2.79. The minimum atomic E-state index is -0.453. The van der Waals surface area contributed by atoms with Gasteiger partial charge in [0.15, 0.2) is 0 Å². The molecule has 2 aromatic rings. The van der Waals surface area contributed by atoms with Crippen LogP contribution >= 0.6 is 11.6 Å². The van der Waals surface area contributed by atoms with Gasteiger partial charge in [0.05, 0.1) is 11.3 Å². The van der Waals surface area contributed by atoms with Gasteiger partial charge >= 0.3 is 5.97 Å². The normalized spacial score (nSPS) is 15.1. The molecule has 1 heterocycles. The zero-order valence-corrected chi connectivity index (χ0v) is 14.1. The number of hydrogen-bond acceptors (Lipinski definition) is 4. The van der Waals surface area contributed by atoms with Crippen LogP contribution in [0.25, 0.3) is 0 Å². The van der Waals surface area contributed by atoms with Gasteiger partial charge in [0.2, 0.25) is 0 Å². The topological polar surface area (TPSA) is 41.9 Å². The molecule has 4 nitrogen and oxygen atoms in total. The third kappa shape index (κ3) is 4.66. The molecule has 0 bridgehead atoms. The third-order valence-electron chi connectivity index (χ3n) is 4.02. The van der Waals surface area contributed by atoms with E-state index in [2.05, 4.69) is 34.3 Å². The largest absolute Gasteiger partial charge is 0.365 e. The van der Waals surface area contributed by atoms with Crippen molar-refractivity contribution in [1.82, 2.24) is 4.90 Å². The fraction of sp³-hybridized carbons (Fsp3) is 0.263. The highest BCUT2D eigenvalue weighted by Gasteiger charge is 2.16. The maximum atomic E-state index is 11.9. The van der Waals surface area contributed by atoms with E-state index in [1.54, 1.807) is 24.3 Å². The Bertz CT molecular complexity index is 704. The van der Waals surface area contributed by atoms with E-state index < -0.39 is 5.97 Å². The smallest absolute Gasteiger partial charge is 0.313 e. The molecule has 1 aliphatic rings. The highest BCUT2D eigenvalue weighted by Crippen LogP contribution is 2.14. The summed E-state index contributed by atoms with van der Waals surface area (Å²) < 4.78 is 0. The molecule has 0 saturated carbocycles. The van der Waals surface area contributed by atoms with Gasteiger partial charge in [0.25, 0.3) is 0 Å². The van der Waals surface area contributed by atoms with Crippen LogP contribution in [0, 0.1) is 0 Å². The SMILES string of the molecule is O=C(ON=C1CCN(Cc2ccccc2)CC1)c1ccc(Cl)cc1. The molecule has 2 aromatic carbocycles. The van der Waals surface area contributed by atoms with Gasteiger partial charge in [-0.15, -0.1) is 0 Å². The van der Waals surface area contributed by atoms with E-state index in [0.29, 0.717) is 10.6 Å². The van der Waals surface area contributed by atoms with Crippen LogP contribution in [-0.2, 0) is 11.4 Å². The van der Waals surface area contributed by atoms with Crippen molar-refractivity contribution in [3.63, 3.8) is 0 Å². The van der Waals surface area contributed by atoms with Gasteiger partial charge in [-0.3, -0.25) is 4.90 Å². The van der Waals surface area contributed by atoms with E-state index in [9.17, 15) is 4.79 Å². The molecular formula is C19H19ClN2O2. The summed E-state index contributed by atoms with van der Waals surface area (Å²) in [5.74, 6) is -0.453. The number of hydrogen-bond donors (Lipinski definition) is 0. The number of likely N-dealkylation sites (tertiary alicyclic amines) is 1. The van der Waals surface area contributed by atoms with Crippen molar-refractivity contribution in [3.05, 3.63) is 70.7 Å². The minimum absolute atomic E-state index is 0.449. The number of carbonyl (C=O) groups excluding carboxylic acids is 1. The van der Waals surface area contributed by atoms with E-state index >= 15 is 0 Å². The van der Waals surface area contributed by atoms with Crippen LogP contribution in [0.1, 0.15) is 28.8 Å². The molecule has 3 rings (SSSR count). The summed E-state index contributed by atoms with van der Waals surface area (Å²) in [6.07, 6.45) is 1.64. The van der Waals surface area contributed by atoms with Crippen molar-refractivity contribution in [3.8, 4) is 0 Å². The predicted octanol–water partition coefficient (Wildman–Crippen LogP) is 4.15. The molecule has 0 unspecified atom stereocenters. The van der Waals surface area contributed by atoms with Crippen LogP contribution < -0.4 is 0 Å². The third-order valence-corrected chi connectivity index (χ3v) is 4.27.